The van der Waals surface area contributed by atoms with Gasteiger partial charge in [0, 0.05) is 5.75 Å². The van der Waals surface area contributed by atoms with Crippen LogP contribution in [-0.4, -0.2) is 34.0 Å². The molecule has 0 unspecified atom stereocenters. The van der Waals surface area contributed by atoms with Gasteiger partial charge in [-0.3, -0.25) is 0 Å². The van der Waals surface area contributed by atoms with Crippen molar-refractivity contribution in [3.63, 3.8) is 0 Å². The van der Waals surface area contributed by atoms with E-state index in [-0.39, 0.29) is 18.3 Å². The fourth-order valence-corrected chi connectivity index (χ4v) is 2.14. The zero-order valence-corrected chi connectivity index (χ0v) is 13.0. The number of nitrogens with one attached hydrogen (secondary N) is 1. The van der Waals surface area contributed by atoms with Crippen LogP contribution in [0.2, 0.25) is 0 Å². The summed E-state index contributed by atoms with van der Waals surface area (Å²) in [7, 11) is -0.355. The van der Waals surface area contributed by atoms with E-state index in [1.165, 1.54) is 0 Å². The third-order valence-electron chi connectivity index (χ3n) is 3.80. The molecule has 0 amide bonds. The van der Waals surface area contributed by atoms with E-state index in [9.17, 15) is 0 Å². The van der Waals surface area contributed by atoms with Crippen LogP contribution >= 0.6 is 12.6 Å². The number of nitrogens with zero attached hydrogens (tertiary/aromatic N) is 1. The molecule has 2 heterocycles. The molecule has 19 heavy (non-hydrogen) atoms. The number of aromatic nitrogens is 2. The van der Waals surface area contributed by atoms with Crippen LogP contribution in [-0.2, 0) is 9.31 Å². The van der Waals surface area contributed by atoms with Gasteiger partial charge < -0.3 is 14.3 Å². The maximum absolute atomic E-state index is 6.02. The molecule has 2 rings (SSSR count). The fourth-order valence-electron chi connectivity index (χ4n) is 1.90. The Morgan fingerprint density at radius 1 is 1.37 bits per heavy atom. The van der Waals surface area contributed by atoms with E-state index in [2.05, 4.69) is 22.6 Å². The summed E-state index contributed by atoms with van der Waals surface area (Å²) >= 11 is 4.38. The van der Waals surface area contributed by atoms with Gasteiger partial charge in [-0.25, -0.2) is 4.98 Å². The predicted molar refractivity (Wildman–Crippen MR) is 81.2 cm³/mol. The first-order chi connectivity index (χ1) is 8.75. The van der Waals surface area contributed by atoms with Gasteiger partial charge in [0.1, 0.15) is 5.82 Å². The first-order valence-corrected chi connectivity index (χ1v) is 7.07. The smallest absolute Gasteiger partial charge is 0.400 e. The zero-order valence-electron chi connectivity index (χ0n) is 12.2. The van der Waals surface area contributed by atoms with E-state index in [0.29, 0.717) is 5.75 Å². The Hall–Kier alpha value is -0.715. The molecule has 1 aromatic rings. The number of aryl methyl sites for hydroxylation is 1. The third-order valence-corrected chi connectivity index (χ3v) is 4.17. The number of hydrogen-bond acceptors (Lipinski definition) is 4. The molecule has 1 fully saturated rings. The van der Waals surface area contributed by atoms with Crippen LogP contribution in [0.15, 0.2) is 11.7 Å². The standard InChI is InChI=1S/C13H21BN2O2S/c1-9-15-7-11(16-9)6-10(8-19)14-17-12(2,3)13(4,5)18-14/h6-7,19H,8H2,1-5H3,(H,15,16). The van der Waals surface area contributed by atoms with Crippen molar-refractivity contribution in [2.24, 2.45) is 0 Å². The lowest BCUT2D eigenvalue weighted by atomic mass is 9.79. The van der Waals surface area contributed by atoms with Gasteiger partial charge in [-0.05, 0) is 46.2 Å². The second-order valence-electron chi connectivity index (χ2n) is 5.89. The average Bonchev–Trinajstić information content (AvgIpc) is 2.78. The normalized spacial score (nSPS) is 22.0. The molecule has 0 saturated carbocycles. The zero-order chi connectivity index (χ0) is 14.3. The molecule has 0 bridgehead atoms. The summed E-state index contributed by atoms with van der Waals surface area (Å²) in [5, 5.41) is 0. The van der Waals surface area contributed by atoms with Gasteiger partial charge in [-0.2, -0.15) is 12.6 Å². The highest BCUT2D eigenvalue weighted by Gasteiger charge is 2.52. The van der Waals surface area contributed by atoms with Crippen LogP contribution < -0.4 is 0 Å². The molecule has 0 atom stereocenters. The Balaban J connectivity index is 2.23. The first-order valence-electron chi connectivity index (χ1n) is 6.44. The molecule has 6 heteroatoms. The molecular formula is C13H21BN2O2S. The molecule has 0 spiro atoms. The molecule has 0 aromatic carbocycles. The minimum absolute atomic E-state index is 0.330. The van der Waals surface area contributed by atoms with Gasteiger partial charge in [-0.15, -0.1) is 0 Å². The van der Waals surface area contributed by atoms with Crippen LogP contribution in [0.1, 0.15) is 39.2 Å². The molecule has 1 aliphatic heterocycles. The second kappa shape index (κ2) is 5.00. The van der Waals surface area contributed by atoms with E-state index < -0.39 is 0 Å². The lowest BCUT2D eigenvalue weighted by Gasteiger charge is -2.32. The highest BCUT2D eigenvalue weighted by Crippen LogP contribution is 2.38. The number of hydrogen-bond donors (Lipinski definition) is 2. The SMILES string of the molecule is Cc1ncc(C=C(CS)B2OC(C)(C)C(C)(C)O2)[nH]1. The highest BCUT2D eigenvalue weighted by molar-refractivity contribution is 7.80. The molecule has 0 radical (unpaired) electrons. The summed E-state index contributed by atoms with van der Waals surface area (Å²) in [4.78, 5) is 7.35. The fraction of sp³-hybridized carbons (Fsp3) is 0.615. The molecule has 1 N–H and O–H groups in total. The highest BCUT2D eigenvalue weighted by atomic mass is 32.1. The van der Waals surface area contributed by atoms with Gasteiger partial charge in [0.15, 0.2) is 0 Å². The summed E-state index contributed by atoms with van der Waals surface area (Å²) in [6.45, 7) is 10.1. The lowest BCUT2D eigenvalue weighted by Crippen LogP contribution is -2.41. The minimum atomic E-state index is -0.355. The van der Waals surface area contributed by atoms with Crippen LogP contribution in [0.4, 0.5) is 0 Å². The largest absolute Gasteiger partial charge is 0.491 e. The van der Waals surface area contributed by atoms with Gasteiger partial charge in [0.2, 0.25) is 0 Å². The van der Waals surface area contributed by atoms with Crippen molar-refractivity contribution in [1.82, 2.24) is 9.97 Å². The van der Waals surface area contributed by atoms with Gasteiger partial charge in [0.05, 0.1) is 23.1 Å². The van der Waals surface area contributed by atoms with Crippen molar-refractivity contribution in [1.29, 1.82) is 0 Å². The maximum atomic E-state index is 6.02. The molecular weight excluding hydrogens is 259 g/mol. The molecule has 4 nitrogen and oxygen atoms in total. The quantitative estimate of drug-likeness (QED) is 0.661. The van der Waals surface area contributed by atoms with Crippen molar-refractivity contribution < 1.29 is 9.31 Å². The van der Waals surface area contributed by atoms with E-state index in [0.717, 1.165) is 17.0 Å². The monoisotopic (exact) mass is 280 g/mol. The van der Waals surface area contributed by atoms with Crippen LogP contribution in [0.3, 0.4) is 0 Å². The lowest BCUT2D eigenvalue weighted by molar-refractivity contribution is 0.00578. The summed E-state index contributed by atoms with van der Waals surface area (Å²) < 4.78 is 12.0. The van der Waals surface area contributed by atoms with E-state index in [4.69, 9.17) is 9.31 Å². The van der Waals surface area contributed by atoms with Gasteiger partial charge >= 0.3 is 7.12 Å². The Bertz CT molecular complexity index is 481. The number of aromatic amines is 1. The molecule has 1 aromatic heterocycles. The van der Waals surface area contributed by atoms with Crippen molar-refractivity contribution >= 4 is 25.8 Å². The van der Waals surface area contributed by atoms with Crippen molar-refractivity contribution in [2.45, 2.75) is 45.8 Å². The van der Waals surface area contributed by atoms with Gasteiger partial charge in [0.25, 0.3) is 0 Å². The van der Waals surface area contributed by atoms with Crippen molar-refractivity contribution in [2.75, 3.05) is 5.75 Å². The van der Waals surface area contributed by atoms with Crippen molar-refractivity contribution in [3.8, 4) is 0 Å². The average molecular weight is 280 g/mol. The van der Waals surface area contributed by atoms with E-state index in [1.807, 2.05) is 40.7 Å². The number of imidazole rings is 1. The van der Waals surface area contributed by atoms with Crippen LogP contribution in [0, 0.1) is 6.92 Å². The summed E-state index contributed by atoms with van der Waals surface area (Å²) in [5.41, 5.74) is 1.27. The maximum Gasteiger partial charge on any atom is 0.491 e. The minimum Gasteiger partial charge on any atom is -0.400 e. The van der Waals surface area contributed by atoms with E-state index in [1.54, 1.807) is 6.20 Å². The number of thiol groups is 1. The van der Waals surface area contributed by atoms with Crippen LogP contribution in [0.5, 0.6) is 0 Å². The van der Waals surface area contributed by atoms with Gasteiger partial charge in [-0.1, -0.05) is 0 Å². The second-order valence-corrected chi connectivity index (χ2v) is 6.21. The summed E-state index contributed by atoms with van der Waals surface area (Å²) in [6, 6.07) is 0. The summed E-state index contributed by atoms with van der Waals surface area (Å²) in [5.74, 6) is 1.47. The van der Waals surface area contributed by atoms with Crippen LogP contribution in [0.25, 0.3) is 6.08 Å². The Morgan fingerprint density at radius 2 is 1.95 bits per heavy atom. The molecule has 1 saturated heterocycles. The van der Waals surface area contributed by atoms with Crippen molar-refractivity contribution in [3.05, 3.63) is 23.2 Å². The Morgan fingerprint density at radius 3 is 2.37 bits per heavy atom. The van der Waals surface area contributed by atoms with E-state index >= 15 is 0 Å². The number of rotatable bonds is 3. The Kier molecular flexibility index (Phi) is 3.86. The molecule has 104 valence electrons. The summed E-state index contributed by atoms with van der Waals surface area (Å²) in [6.07, 6.45) is 3.79. The molecule has 0 aliphatic carbocycles. The third kappa shape index (κ3) is 2.90. The first kappa shape index (κ1) is 14.7. The predicted octanol–water partition coefficient (Wildman–Crippen LogP) is 2.66. The topological polar surface area (TPSA) is 47.1 Å². The Labute approximate surface area is 120 Å². The number of H-pyrrole nitrogens is 1. The molecule has 1 aliphatic rings.